The second-order valence-corrected chi connectivity index (χ2v) is 7.82. The van der Waals surface area contributed by atoms with Gasteiger partial charge < -0.3 is 14.6 Å². The van der Waals surface area contributed by atoms with E-state index in [0.717, 1.165) is 5.56 Å². The first kappa shape index (κ1) is 22.2. The zero-order valence-electron chi connectivity index (χ0n) is 18.0. The van der Waals surface area contributed by atoms with Gasteiger partial charge in [0, 0.05) is 46.3 Å². The molecule has 0 radical (unpaired) electrons. The van der Waals surface area contributed by atoms with Crippen molar-refractivity contribution in [2.45, 2.75) is 13.5 Å². The maximum Gasteiger partial charge on any atom is 0.244 e. The van der Waals surface area contributed by atoms with E-state index in [4.69, 9.17) is 16.3 Å². The van der Waals surface area contributed by atoms with Gasteiger partial charge >= 0.3 is 0 Å². The number of methoxy groups -OCH3 is 1. The van der Waals surface area contributed by atoms with Gasteiger partial charge in [-0.15, -0.1) is 0 Å². The average Bonchev–Trinajstić information content (AvgIpc) is 2.83. The Hall–Kier alpha value is -3.97. The third-order valence-corrected chi connectivity index (χ3v) is 5.74. The lowest BCUT2D eigenvalue weighted by Gasteiger charge is -2.15. The number of ether oxygens (including phenoxy) is 1. The van der Waals surface area contributed by atoms with Gasteiger partial charge in [0.15, 0.2) is 5.78 Å². The Bertz CT molecular complexity index is 1430. The zero-order chi connectivity index (χ0) is 23.5. The van der Waals surface area contributed by atoms with E-state index < -0.39 is 11.2 Å². The fourth-order valence-corrected chi connectivity index (χ4v) is 3.71. The summed E-state index contributed by atoms with van der Waals surface area (Å²) in [4.78, 5) is 43.0. The molecular weight excluding hydrogens is 442 g/mol. The summed E-state index contributed by atoms with van der Waals surface area (Å²) in [5.41, 5.74) is 1.68. The third-order valence-electron chi connectivity index (χ3n) is 5.33. The molecule has 0 bridgehead atoms. The standard InChI is InChI=1S/C25H20ClN3O4/c1-15-20(26)4-3-5-21(15)28-23(30)14-29-13-19(24(31)16-8-10-27-11-9-16)25(32)18-7-6-17(33-2)12-22(18)29/h3-13H,14H2,1-2H3,(H,28,30). The van der Waals surface area contributed by atoms with Crippen LogP contribution in [0.5, 0.6) is 5.75 Å². The van der Waals surface area contributed by atoms with Crippen LogP contribution in [0.3, 0.4) is 0 Å². The number of hydrogen-bond acceptors (Lipinski definition) is 5. The molecule has 2 aromatic carbocycles. The molecule has 0 aliphatic rings. The number of fused-ring (bicyclic) bond motifs is 1. The number of pyridine rings is 2. The van der Waals surface area contributed by atoms with Gasteiger partial charge in [-0.2, -0.15) is 0 Å². The number of rotatable bonds is 6. The number of hydrogen-bond donors (Lipinski definition) is 1. The average molecular weight is 462 g/mol. The summed E-state index contributed by atoms with van der Waals surface area (Å²) in [7, 11) is 1.51. The van der Waals surface area contributed by atoms with Gasteiger partial charge in [-0.3, -0.25) is 19.4 Å². The van der Waals surface area contributed by atoms with E-state index in [1.54, 1.807) is 53.1 Å². The van der Waals surface area contributed by atoms with Crippen LogP contribution in [0.25, 0.3) is 10.9 Å². The van der Waals surface area contributed by atoms with Crippen molar-refractivity contribution in [2.24, 2.45) is 0 Å². The van der Waals surface area contributed by atoms with E-state index in [0.29, 0.717) is 32.9 Å². The molecule has 4 aromatic rings. The number of carbonyl (C=O) groups excluding carboxylic acids is 2. The summed E-state index contributed by atoms with van der Waals surface area (Å²) >= 11 is 6.15. The normalized spacial score (nSPS) is 10.8. The van der Waals surface area contributed by atoms with Crippen LogP contribution >= 0.6 is 11.6 Å². The summed E-state index contributed by atoms with van der Waals surface area (Å²) in [6.07, 6.45) is 4.38. The number of halogens is 1. The van der Waals surface area contributed by atoms with Crippen LogP contribution < -0.4 is 15.5 Å². The van der Waals surface area contributed by atoms with Crippen molar-refractivity contribution in [2.75, 3.05) is 12.4 Å². The van der Waals surface area contributed by atoms with Crippen LogP contribution in [0.2, 0.25) is 5.02 Å². The molecule has 0 fully saturated rings. The molecule has 1 amide bonds. The zero-order valence-corrected chi connectivity index (χ0v) is 18.7. The number of benzene rings is 2. The van der Waals surface area contributed by atoms with Crippen LogP contribution in [0, 0.1) is 6.92 Å². The summed E-state index contributed by atoms with van der Waals surface area (Å²) in [6.45, 7) is 1.68. The van der Waals surface area contributed by atoms with E-state index >= 15 is 0 Å². The molecule has 0 aliphatic carbocycles. The Morgan fingerprint density at radius 2 is 1.88 bits per heavy atom. The Labute approximate surface area is 194 Å². The molecule has 7 nitrogen and oxygen atoms in total. The molecule has 4 rings (SSSR count). The molecule has 33 heavy (non-hydrogen) atoms. The number of nitrogens with one attached hydrogen (secondary N) is 1. The van der Waals surface area contributed by atoms with Gasteiger partial charge in [-0.25, -0.2) is 0 Å². The van der Waals surface area contributed by atoms with Gasteiger partial charge in [0.2, 0.25) is 11.3 Å². The minimum absolute atomic E-state index is 0.0365. The van der Waals surface area contributed by atoms with Gasteiger partial charge in [0.05, 0.1) is 18.2 Å². The highest BCUT2D eigenvalue weighted by Crippen LogP contribution is 2.24. The molecule has 1 N–H and O–H groups in total. The maximum atomic E-state index is 13.1. The fraction of sp³-hybridized carbons (Fsp3) is 0.120. The summed E-state index contributed by atoms with van der Waals surface area (Å²) < 4.78 is 6.86. The van der Waals surface area contributed by atoms with Crippen molar-refractivity contribution in [3.63, 3.8) is 0 Å². The Balaban J connectivity index is 1.79. The van der Waals surface area contributed by atoms with Crippen LogP contribution in [-0.4, -0.2) is 28.4 Å². The molecule has 8 heteroatoms. The predicted octanol–water partition coefficient (Wildman–Crippen LogP) is 4.24. The van der Waals surface area contributed by atoms with Crippen molar-refractivity contribution in [1.29, 1.82) is 0 Å². The highest BCUT2D eigenvalue weighted by molar-refractivity contribution is 6.31. The van der Waals surface area contributed by atoms with Crippen molar-refractivity contribution in [3.8, 4) is 5.75 Å². The SMILES string of the molecule is COc1ccc2c(=O)c(C(=O)c3ccncc3)cn(CC(=O)Nc3cccc(Cl)c3C)c2c1. The molecule has 0 unspecified atom stereocenters. The lowest BCUT2D eigenvalue weighted by molar-refractivity contribution is -0.116. The molecule has 0 saturated carbocycles. The molecule has 2 aromatic heterocycles. The second kappa shape index (κ2) is 9.26. The summed E-state index contributed by atoms with van der Waals surface area (Å²) in [6, 6.07) is 13.2. The largest absolute Gasteiger partial charge is 0.497 e. The minimum atomic E-state index is -0.444. The summed E-state index contributed by atoms with van der Waals surface area (Å²) in [5, 5.41) is 3.69. The highest BCUT2D eigenvalue weighted by Gasteiger charge is 2.19. The smallest absolute Gasteiger partial charge is 0.244 e. The first-order valence-electron chi connectivity index (χ1n) is 10.1. The second-order valence-electron chi connectivity index (χ2n) is 7.41. The van der Waals surface area contributed by atoms with Crippen LogP contribution in [0.4, 0.5) is 5.69 Å². The number of carbonyl (C=O) groups is 2. The Morgan fingerprint density at radius 3 is 2.61 bits per heavy atom. The van der Waals surface area contributed by atoms with Gasteiger partial charge in [-0.1, -0.05) is 17.7 Å². The number of nitrogens with zero attached hydrogens (tertiary/aromatic N) is 2. The molecule has 0 atom stereocenters. The molecule has 0 spiro atoms. The van der Waals surface area contributed by atoms with Crippen molar-refractivity contribution < 1.29 is 14.3 Å². The monoisotopic (exact) mass is 461 g/mol. The van der Waals surface area contributed by atoms with Gasteiger partial charge in [0.1, 0.15) is 12.3 Å². The van der Waals surface area contributed by atoms with Crippen LogP contribution in [0.1, 0.15) is 21.5 Å². The molecule has 166 valence electrons. The van der Waals surface area contributed by atoms with E-state index in [9.17, 15) is 14.4 Å². The van der Waals surface area contributed by atoms with Crippen LogP contribution in [-0.2, 0) is 11.3 Å². The first-order chi connectivity index (χ1) is 15.9. The number of anilines is 1. The number of amides is 1. The Morgan fingerprint density at radius 1 is 1.12 bits per heavy atom. The van der Waals surface area contributed by atoms with Crippen LogP contribution in [0.15, 0.2) is 71.9 Å². The molecule has 0 saturated heterocycles. The fourth-order valence-electron chi connectivity index (χ4n) is 3.54. The molecule has 0 aliphatic heterocycles. The highest BCUT2D eigenvalue weighted by atomic mass is 35.5. The maximum absolute atomic E-state index is 13.1. The van der Waals surface area contributed by atoms with E-state index in [1.807, 2.05) is 6.92 Å². The third kappa shape index (κ3) is 4.49. The van der Waals surface area contributed by atoms with Crippen molar-refractivity contribution in [1.82, 2.24) is 9.55 Å². The predicted molar refractivity (Wildman–Crippen MR) is 127 cm³/mol. The topological polar surface area (TPSA) is 90.3 Å². The van der Waals surface area contributed by atoms with Crippen molar-refractivity contribution >= 4 is 39.9 Å². The number of ketones is 1. The lowest BCUT2D eigenvalue weighted by Crippen LogP contribution is -2.24. The lowest BCUT2D eigenvalue weighted by atomic mass is 10.0. The van der Waals surface area contributed by atoms with Gasteiger partial charge in [0.25, 0.3) is 0 Å². The van der Waals surface area contributed by atoms with Crippen molar-refractivity contribution in [3.05, 3.63) is 99.1 Å². The molecule has 2 heterocycles. The molecular formula is C25H20ClN3O4. The first-order valence-corrected chi connectivity index (χ1v) is 10.5. The quantitative estimate of drug-likeness (QED) is 0.434. The van der Waals surface area contributed by atoms with E-state index in [-0.39, 0.29) is 18.0 Å². The van der Waals surface area contributed by atoms with E-state index in [2.05, 4.69) is 10.3 Å². The number of aromatic nitrogens is 2. The van der Waals surface area contributed by atoms with E-state index in [1.165, 1.54) is 25.7 Å². The summed E-state index contributed by atoms with van der Waals surface area (Å²) in [5.74, 6) is -0.259. The Kier molecular flexibility index (Phi) is 6.24. The minimum Gasteiger partial charge on any atom is -0.497 e. The van der Waals surface area contributed by atoms with Gasteiger partial charge in [-0.05, 0) is 48.9 Å².